The first-order valence-corrected chi connectivity index (χ1v) is 6.70. The lowest BCUT2D eigenvalue weighted by Crippen LogP contribution is -2.30. The van der Waals surface area contributed by atoms with Gasteiger partial charge in [0.05, 0.1) is 12.9 Å². The van der Waals surface area contributed by atoms with Crippen LogP contribution in [0.3, 0.4) is 0 Å². The Hall–Kier alpha value is -2.14. The maximum Gasteiger partial charge on any atom is 0.317 e. The molecule has 0 bridgehead atoms. The van der Waals surface area contributed by atoms with Crippen LogP contribution >= 0.6 is 0 Å². The average Bonchev–Trinajstić information content (AvgIpc) is 2.93. The fraction of sp³-hybridized carbons (Fsp3) is 0.333. The first-order chi connectivity index (χ1) is 9.69. The van der Waals surface area contributed by atoms with E-state index in [1.807, 2.05) is 39.9 Å². The van der Waals surface area contributed by atoms with Crippen molar-refractivity contribution < 1.29 is 9.90 Å². The van der Waals surface area contributed by atoms with Gasteiger partial charge in [0, 0.05) is 24.6 Å². The summed E-state index contributed by atoms with van der Waals surface area (Å²) in [4.78, 5) is 16.8. The lowest BCUT2D eigenvalue weighted by Gasteiger charge is -2.19. The number of carboxylic acid groups (broad SMARTS) is 1. The van der Waals surface area contributed by atoms with Gasteiger partial charge in [-0.05, 0) is 30.7 Å². The highest BCUT2D eigenvalue weighted by Crippen LogP contribution is 2.11. The van der Waals surface area contributed by atoms with Gasteiger partial charge in [0.25, 0.3) is 0 Å². The van der Waals surface area contributed by atoms with E-state index in [2.05, 4.69) is 11.9 Å². The van der Waals surface area contributed by atoms with Crippen molar-refractivity contribution in [3.8, 4) is 5.69 Å². The van der Waals surface area contributed by atoms with Crippen molar-refractivity contribution in [3.05, 3.63) is 48.5 Å². The molecule has 0 aliphatic heterocycles. The van der Waals surface area contributed by atoms with Crippen LogP contribution in [0.5, 0.6) is 0 Å². The van der Waals surface area contributed by atoms with E-state index in [0.717, 1.165) is 24.2 Å². The molecule has 5 heteroatoms. The van der Waals surface area contributed by atoms with Crippen molar-refractivity contribution in [1.82, 2.24) is 14.5 Å². The summed E-state index contributed by atoms with van der Waals surface area (Å²) in [6.45, 7) is 3.58. The third-order valence-electron chi connectivity index (χ3n) is 3.04. The largest absolute Gasteiger partial charge is 0.480 e. The van der Waals surface area contributed by atoms with Crippen LogP contribution in [-0.2, 0) is 11.3 Å². The predicted molar refractivity (Wildman–Crippen MR) is 76.8 cm³/mol. The number of benzene rings is 1. The minimum absolute atomic E-state index is 0.0805. The number of aliphatic carboxylic acids is 1. The molecule has 0 atom stereocenters. The second-order valence-corrected chi connectivity index (χ2v) is 4.74. The molecule has 5 nitrogen and oxygen atoms in total. The Morgan fingerprint density at radius 2 is 2.10 bits per heavy atom. The SMILES string of the molecule is CCCN(CC(=O)O)Cc1ccc(-n2ccnc2)cc1. The zero-order valence-corrected chi connectivity index (χ0v) is 11.6. The fourth-order valence-corrected chi connectivity index (χ4v) is 2.17. The molecule has 0 fully saturated rings. The van der Waals surface area contributed by atoms with Gasteiger partial charge in [-0.15, -0.1) is 0 Å². The number of hydrogen-bond donors (Lipinski definition) is 1. The summed E-state index contributed by atoms with van der Waals surface area (Å²) < 4.78 is 1.94. The monoisotopic (exact) mass is 273 g/mol. The first kappa shape index (κ1) is 14.3. The summed E-state index contributed by atoms with van der Waals surface area (Å²) in [5.74, 6) is -0.784. The van der Waals surface area contributed by atoms with Crippen LogP contribution in [0.15, 0.2) is 43.0 Å². The predicted octanol–water partition coefficient (Wildman–Crippen LogP) is 2.17. The molecule has 0 aliphatic carbocycles. The molecule has 2 rings (SSSR count). The Bertz CT molecular complexity index is 535. The third kappa shape index (κ3) is 3.93. The van der Waals surface area contributed by atoms with Gasteiger partial charge in [0.15, 0.2) is 0 Å². The van der Waals surface area contributed by atoms with E-state index < -0.39 is 5.97 Å². The summed E-state index contributed by atoms with van der Waals surface area (Å²) in [6.07, 6.45) is 6.33. The van der Waals surface area contributed by atoms with Crippen LogP contribution < -0.4 is 0 Å². The standard InChI is InChI=1S/C15H19N3O2/c1-2-8-17(11-15(19)20)10-13-3-5-14(6-4-13)18-9-7-16-12-18/h3-7,9,12H,2,8,10-11H2,1H3,(H,19,20). The summed E-state index contributed by atoms with van der Waals surface area (Å²) in [6, 6.07) is 8.09. The Morgan fingerprint density at radius 1 is 1.35 bits per heavy atom. The number of rotatable bonds is 7. The quantitative estimate of drug-likeness (QED) is 0.840. The van der Waals surface area contributed by atoms with Gasteiger partial charge in [0.1, 0.15) is 0 Å². The highest BCUT2D eigenvalue weighted by atomic mass is 16.4. The molecular formula is C15H19N3O2. The maximum atomic E-state index is 10.8. The number of imidazole rings is 1. The van der Waals surface area contributed by atoms with Crippen LogP contribution in [0.25, 0.3) is 5.69 Å². The Labute approximate surface area is 118 Å². The number of hydrogen-bond acceptors (Lipinski definition) is 3. The van der Waals surface area contributed by atoms with Crippen LogP contribution in [0, 0.1) is 0 Å². The molecule has 0 amide bonds. The van der Waals surface area contributed by atoms with Crippen LogP contribution in [0.4, 0.5) is 0 Å². The van der Waals surface area contributed by atoms with Gasteiger partial charge < -0.3 is 9.67 Å². The molecule has 0 spiro atoms. The number of aromatic nitrogens is 2. The second-order valence-electron chi connectivity index (χ2n) is 4.74. The molecule has 1 aromatic carbocycles. The van der Waals surface area contributed by atoms with E-state index in [0.29, 0.717) is 6.54 Å². The molecule has 0 aliphatic rings. The molecule has 0 radical (unpaired) electrons. The smallest absolute Gasteiger partial charge is 0.317 e. The summed E-state index contributed by atoms with van der Waals surface area (Å²) in [5.41, 5.74) is 2.16. The van der Waals surface area contributed by atoms with Gasteiger partial charge in [0.2, 0.25) is 0 Å². The van der Waals surface area contributed by atoms with E-state index in [1.165, 1.54) is 0 Å². The van der Waals surface area contributed by atoms with Crippen LogP contribution in [-0.4, -0.2) is 38.6 Å². The average molecular weight is 273 g/mol. The van der Waals surface area contributed by atoms with E-state index in [4.69, 9.17) is 5.11 Å². The Morgan fingerprint density at radius 3 is 2.65 bits per heavy atom. The van der Waals surface area contributed by atoms with Crippen molar-refractivity contribution in [2.75, 3.05) is 13.1 Å². The fourth-order valence-electron chi connectivity index (χ4n) is 2.17. The molecule has 1 heterocycles. The lowest BCUT2D eigenvalue weighted by atomic mass is 10.2. The molecule has 0 saturated heterocycles. The van der Waals surface area contributed by atoms with Crippen molar-refractivity contribution in [2.24, 2.45) is 0 Å². The van der Waals surface area contributed by atoms with Crippen LogP contribution in [0.2, 0.25) is 0 Å². The zero-order valence-electron chi connectivity index (χ0n) is 11.6. The van der Waals surface area contributed by atoms with Crippen LogP contribution in [0.1, 0.15) is 18.9 Å². The normalized spacial score (nSPS) is 10.9. The van der Waals surface area contributed by atoms with Crippen molar-refractivity contribution >= 4 is 5.97 Å². The Balaban J connectivity index is 2.03. The van der Waals surface area contributed by atoms with E-state index in [-0.39, 0.29) is 6.54 Å². The van der Waals surface area contributed by atoms with Gasteiger partial charge in [-0.1, -0.05) is 19.1 Å². The van der Waals surface area contributed by atoms with Crippen molar-refractivity contribution in [2.45, 2.75) is 19.9 Å². The number of carboxylic acids is 1. The van der Waals surface area contributed by atoms with Gasteiger partial charge in [-0.25, -0.2) is 4.98 Å². The van der Waals surface area contributed by atoms with E-state index in [9.17, 15) is 4.79 Å². The van der Waals surface area contributed by atoms with Gasteiger partial charge in [-0.3, -0.25) is 9.69 Å². The minimum atomic E-state index is -0.784. The van der Waals surface area contributed by atoms with Crippen molar-refractivity contribution in [3.63, 3.8) is 0 Å². The third-order valence-corrected chi connectivity index (χ3v) is 3.04. The number of carbonyl (C=O) groups is 1. The molecule has 2 aromatic rings. The molecule has 1 N–H and O–H groups in total. The lowest BCUT2D eigenvalue weighted by molar-refractivity contribution is -0.138. The molecule has 0 unspecified atom stereocenters. The first-order valence-electron chi connectivity index (χ1n) is 6.70. The topological polar surface area (TPSA) is 58.4 Å². The van der Waals surface area contributed by atoms with Gasteiger partial charge in [-0.2, -0.15) is 0 Å². The molecule has 1 aromatic heterocycles. The van der Waals surface area contributed by atoms with Gasteiger partial charge >= 0.3 is 5.97 Å². The minimum Gasteiger partial charge on any atom is -0.480 e. The summed E-state index contributed by atoms with van der Waals surface area (Å²) >= 11 is 0. The molecule has 106 valence electrons. The summed E-state index contributed by atoms with van der Waals surface area (Å²) in [7, 11) is 0. The molecule has 20 heavy (non-hydrogen) atoms. The highest BCUT2D eigenvalue weighted by Gasteiger charge is 2.09. The van der Waals surface area contributed by atoms with E-state index >= 15 is 0 Å². The zero-order chi connectivity index (χ0) is 14.4. The maximum absolute atomic E-state index is 10.8. The van der Waals surface area contributed by atoms with Crippen molar-refractivity contribution in [1.29, 1.82) is 0 Å². The Kier molecular flexibility index (Phi) is 4.90. The second kappa shape index (κ2) is 6.86. The molecular weight excluding hydrogens is 254 g/mol. The molecule has 0 saturated carbocycles. The summed E-state index contributed by atoms with van der Waals surface area (Å²) in [5, 5.41) is 8.91. The van der Waals surface area contributed by atoms with E-state index in [1.54, 1.807) is 12.5 Å². The highest BCUT2D eigenvalue weighted by molar-refractivity contribution is 5.69. The number of nitrogens with zero attached hydrogens (tertiary/aromatic N) is 3.